The van der Waals surface area contributed by atoms with Gasteiger partial charge in [-0.15, -0.1) is 0 Å². The van der Waals surface area contributed by atoms with Gasteiger partial charge in [0.15, 0.2) is 0 Å². The molecular formula is C14H21N. The maximum absolute atomic E-state index is 3.57. The van der Waals surface area contributed by atoms with Crippen LogP contribution in [0.15, 0.2) is 18.2 Å². The van der Waals surface area contributed by atoms with Crippen molar-refractivity contribution in [2.75, 3.05) is 6.54 Å². The van der Waals surface area contributed by atoms with Crippen LogP contribution in [-0.4, -0.2) is 12.6 Å². The predicted molar refractivity (Wildman–Crippen MR) is 65.3 cm³/mol. The molecule has 1 aromatic carbocycles. The molecule has 1 fully saturated rings. The van der Waals surface area contributed by atoms with Gasteiger partial charge >= 0.3 is 0 Å². The van der Waals surface area contributed by atoms with Crippen molar-refractivity contribution < 1.29 is 0 Å². The van der Waals surface area contributed by atoms with Crippen LogP contribution in [0.5, 0.6) is 0 Å². The van der Waals surface area contributed by atoms with E-state index in [4.69, 9.17) is 0 Å². The SMILES string of the molecule is Cc1cccc(C)c1CC[C@@H]1CCCN1. The highest BCUT2D eigenvalue weighted by Crippen LogP contribution is 2.18. The highest BCUT2D eigenvalue weighted by molar-refractivity contribution is 5.33. The Morgan fingerprint density at radius 2 is 2.00 bits per heavy atom. The number of rotatable bonds is 3. The minimum atomic E-state index is 0.768. The van der Waals surface area contributed by atoms with Crippen molar-refractivity contribution in [3.63, 3.8) is 0 Å². The zero-order valence-electron chi connectivity index (χ0n) is 9.84. The lowest BCUT2D eigenvalue weighted by atomic mass is 9.96. The molecular weight excluding hydrogens is 182 g/mol. The molecule has 0 aromatic heterocycles. The summed E-state index contributed by atoms with van der Waals surface area (Å²) in [5, 5.41) is 3.57. The van der Waals surface area contributed by atoms with Gasteiger partial charge < -0.3 is 5.32 Å². The Hall–Kier alpha value is -0.820. The molecule has 1 aromatic rings. The zero-order chi connectivity index (χ0) is 10.7. The summed E-state index contributed by atoms with van der Waals surface area (Å²) in [7, 11) is 0. The first-order chi connectivity index (χ1) is 7.27. The quantitative estimate of drug-likeness (QED) is 0.796. The zero-order valence-corrected chi connectivity index (χ0v) is 9.84. The Kier molecular flexibility index (Phi) is 3.42. The Bertz CT molecular complexity index is 304. The van der Waals surface area contributed by atoms with E-state index in [1.54, 1.807) is 5.56 Å². The molecule has 0 saturated carbocycles. The van der Waals surface area contributed by atoms with E-state index in [2.05, 4.69) is 37.4 Å². The van der Waals surface area contributed by atoms with Crippen molar-refractivity contribution in [3.05, 3.63) is 34.9 Å². The minimum absolute atomic E-state index is 0.768. The number of hydrogen-bond acceptors (Lipinski definition) is 1. The van der Waals surface area contributed by atoms with Crippen LogP contribution in [0.2, 0.25) is 0 Å². The molecule has 1 atom stereocenters. The molecule has 0 bridgehead atoms. The third kappa shape index (κ3) is 2.60. The second-order valence-electron chi connectivity index (χ2n) is 4.70. The topological polar surface area (TPSA) is 12.0 Å². The van der Waals surface area contributed by atoms with Gasteiger partial charge in [0, 0.05) is 6.04 Å². The van der Waals surface area contributed by atoms with Gasteiger partial charge in [-0.25, -0.2) is 0 Å². The summed E-state index contributed by atoms with van der Waals surface area (Å²) in [5.41, 5.74) is 4.46. The molecule has 1 nitrogen and oxygen atoms in total. The van der Waals surface area contributed by atoms with Crippen molar-refractivity contribution in [2.45, 2.75) is 45.6 Å². The monoisotopic (exact) mass is 203 g/mol. The summed E-state index contributed by atoms with van der Waals surface area (Å²) in [6, 6.07) is 7.38. The summed E-state index contributed by atoms with van der Waals surface area (Å²) in [6.45, 7) is 5.67. The summed E-state index contributed by atoms with van der Waals surface area (Å²) < 4.78 is 0. The molecule has 1 aliphatic heterocycles. The van der Waals surface area contributed by atoms with Gasteiger partial charge in [-0.3, -0.25) is 0 Å². The maximum atomic E-state index is 3.57. The van der Waals surface area contributed by atoms with Crippen LogP contribution in [-0.2, 0) is 6.42 Å². The molecule has 15 heavy (non-hydrogen) atoms. The lowest BCUT2D eigenvalue weighted by Crippen LogP contribution is -2.21. The number of hydrogen-bond donors (Lipinski definition) is 1. The number of nitrogens with one attached hydrogen (secondary N) is 1. The first-order valence-corrected chi connectivity index (χ1v) is 6.06. The van der Waals surface area contributed by atoms with Crippen LogP contribution in [0.3, 0.4) is 0 Å². The summed E-state index contributed by atoms with van der Waals surface area (Å²) in [6.07, 6.45) is 5.25. The minimum Gasteiger partial charge on any atom is -0.314 e. The van der Waals surface area contributed by atoms with Gasteiger partial charge in [0.1, 0.15) is 0 Å². The fraction of sp³-hybridized carbons (Fsp3) is 0.571. The van der Waals surface area contributed by atoms with Crippen molar-refractivity contribution in [1.82, 2.24) is 5.32 Å². The van der Waals surface area contributed by atoms with Crippen LogP contribution < -0.4 is 5.32 Å². The fourth-order valence-corrected chi connectivity index (χ4v) is 2.56. The van der Waals surface area contributed by atoms with Crippen molar-refractivity contribution in [2.24, 2.45) is 0 Å². The van der Waals surface area contributed by atoms with E-state index in [9.17, 15) is 0 Å². The standard InChI is InChI=1S/C14H21N/c1-11-5-3-6-12(2)14(11)9-8-13-7-4-10-15-13/h3,5-6,13,15H,4,7-10H2,1-2H3/t13-/m0/s1. The molecule has 1 heteroatoms. The van der Waals surface area contributed by atoms with Gasteiger partial charge in [0.2, 0.25) is 0 Å². The molecule has 1 heterocycles. The Balaban J connectivity index is 1.97. The van der Waals surface area contributed by atoms with Crippen LogP contribution in [0.1, 0.15) is 36.0 Å². The van der Waals surface area contributed by atoms with Gasteiger partial charge in [0.05, 0.1) is 0 Å². The van der Waals surface area contributed by atoms with E-state index in [0.717, 1.165) is 6.04 Å². The van der Waals surface area contributed by atoms with Gasteiger partial charge in [-0.2, -0.15) is 0 Å². The average Bonchev–Trinajstić information content (AvgIpc) is 2.70. The van der Waals surface area contributed by atoms with E-state index >= 15 is 0 Å². The van der Waals surface area contributed by atoms with Crippen LogP contribution in [0.4, 0.5) is 0 Å². The van der Waals surface area contributed by atoms with E-state index in [1.165, 1.54) is 43.4 Å². The van der Waals surface area contributed by atoms with Crippen molar-refractivity contribution >= 4 is 0 Å². The Morgan fingerprint density at radius 1 is 1.27 bits per heavy atom. The van der Waals surface area contributed by atoms with Crippen molar-refractivity contribution in [1.29, 1.82) is 0 Å². The third-order valence-electron chi connectivity index (χ3n) is 3.55. The number of benzene rings is 1. The molecule has 0 aliphatic carbocycles. The summed E-state index contributed by atoms with van der Waals surface area (Å²) in [4.78, 5) is 0. The molecule has 1 saturated heterocycles. The highest BCUT2D eigenvalue weighted by Gasteiger charge is 2.14. The van der Waals surface area contributed by atoms with E-state index in [1.807, 2.05) is 0 Å². The molecule has 1 N–H and O–H groups in total. The third-order valence-corrected chi connectivity index (χ3v) is 3.55. The molecule has 82 valence electrons. The van der Waals surface area contributed by atoms with Crippen molar-refractivity contribution in [3.8, 4) is 0 Å². The molecule has 2 rings (SSSR count). The summed E-state index contributed by atoms with van der Waals surface area (Å²) >= 11 is 0. The highest BCUT2D eigenvalue weighted by atomic mass is 14.9. The Morgan fingerprint density at radius 3 is 2.60 bits per heavy atom. The maximum Gasteiger partial charge on any atom is 0.00707 e. The molecule has 0 unspecified atom stereocenters. The van der Waals surface area contributed by atoms with Gasteiger partial charge in [0.25, 0.3) is 0 Å². The van der Waals surface area contributed by atoms with Gasteiger partial charge in [-0.1, -0.05) is 18.2 Å². The Labute approximate surface area is 92.9 Å². The van der Waals surface area contributed by atoms with E-state index < -0.39 is 0 Å². The van der Waals surface area contributed by atoms with Crippen LogP contribution >= 0.6 is 0 Å². The normalized spacial score (nSPS) is 20.8. The largest absolute Gasteiger partial charge is 0.314 e. The van der Waals surface area contributed by atoms with E-state index in [-0.39, 0.29) is 0 Å². The fourth-order valence-electron chi connectivity index (χ4n) is 2.56. The summed E-state index contributed by atoms with van der Waals surface area (Å²) in [5.74, 6) is 0. The van der Waals surface area contributed by atoms with Gasteiger partial charge in [-0.05, 0) is 62.8 Å². The second kappa shape index (κ2) is 4.80. The second-order valence-corrected chi connectivity index (χ2v) is 4.70. The predicted octanol–water partition coefficient (Wildman–Crippen LogP) is 2.99. The van der Waals surface area contributed by atoms with Crippen LogP contribution in [0, 0.1) is 13.8 Å². The smallest absolute Gasteiger partial charge is 0.00707 e. The molecule has 1 aliphatic rings. The molecule has 0 amide bonds. The van der Waals surface area contributed by atoms with Crippen LogP contribution in [0.25, 0.3) is 0 Å². The molecule has 0 spiro atoms. The number of aryl methyl sites for hydroxylation is 2. The van der Waals surface area contributed by atoms with E-state index in [0.29, 0.717) is 0 Å². The first kappa shape index (κ1) is 10.7. The average molecular weight is 203 g/mol. The lowest BCUT2D eigenvalue weighted by molar-refractivity contribution is 0.558. The first-order valence-electron chi connectivity index (χ1n) is 6.06. The molecule has 0 radical (unpaired) electrons. The lowest BCUT2D eigenvalue weighted by Gasteiger charge is -2.13.